The van der Waals surface area contributed by atoms with Crippen LogP contribution in [0.25, 0.3) is 17.8 Å². The summed E-state index contributed by atoms with van der Waals surface area (Å²) < 4.78 is 64.3. The number of hydrogen-bond acceptors (Lipinski definition) is 5. The molecule has 0 saturated heterocycles. The van der Waals surface area contributed by atoms with Gasteiger partial charge in [-0.25, -0.2) is 24.0 Å². The maximum absolute atomic E-state index is 14.7. The highest BCUT2D eigenvalue weighted by Crippen LogP contribution is 2.41. The number of pyridine rings is 1. The predicted molar refractivity (Wildman–Crippen MR) is 124 cm³/mol. The molecule has 0 unspecified atom stereocenters. The molecule has 0 spiro atoms. The summed E-state index contributed by atoms with van der Waals surface area (Å²) in [4.78, 5) is 13.2. The van der Waals surface area contributed by atoms with Gasteiger partial charge in [0.1, 0.15) is 17.3 Å². The normalized spacial score (nSPS) is 15.9. The summed E-state index contributed by atoms with van der Waals surface area (Å²) in [5, 5.41) is 4.42. The van der Waals surface area contributed by atoms with E-state index in [-0.39, 0.29) is 5.56 Å². The smallest absolute Gasteiger partial charge is 0.416 e. The second-order valence-corrected chi connectivity index (χ2v) is 8.47. The average molecular weight is 498 g/mol. The second kappa shape index (κ2) is 9.21. The minimum Gasteiger partial charge on any atom is -0.479 e. The first-order valence-electron chi connectivity index (χ1n) is 11.3. The molecule has 0 bridgehead atoms. The Labute approximate surface area is 204 Å². The fourth-order valence-electron chi connectivity index (χ4n) is 4.45. The largest absolute Gasteiger partial charge is 0.479 e. The molecule has 0 saturated carbocycles. The highest BCUT2D eigenvalue weighted by molar-refractivity contribution is 5.65. The number of methoxy groups -OCH3 is 1. The van der Waals surface area contributed by atoms with Crippen molar-refractivity contribution in [3.05, 3.63) is 82.8 Å². The van der Waals surface area contributed by atoms with Crippen molar-refractivity contribution in [2.45, 2.75) is 38.4 Å². The first-order chi connectivity index (χ1) is 17.2. The van der Waals surface area contributed by atoms with Gasteiger partial charge in [0.25, 0.3) is 0 Å². The number of alkyl halides is 3. The molecule has 5 rings (SSSR count). The molecule has 7 nitrogen and oxygen atoms in total. The molecule has 0 radical (unpaired) electrons. The number of aryl methyl sites for hydroxylation is 2. The number of hydrogen-bond donors (Lipinski definition) is 0. The number of ether oxygens (including phenoxy) is 1. The van der Waals surface area contributed by atoms with Crippen molar-refractivity contribution in [1.29, 1.82) is 0 Å². The van der Waals surface area contributed by atoms with Gasteiger partial charge in [-0.2, -0.15) is 18.3 Å². The van der Waals surface area contributed by atoms with Gasteiger partial charge in [-0.1, -0.05) is 6.07 Å². The zero-order valence-corrected chi connectivity index (χ0v) is 19.5. The Kier molecular flexibility index (Phi) is 6.07. The molecule has 3 aromatic heterocycles. The number of rotatable bonds is 5. The van der Waals surface area contributed by atoms with Crippen molar-refractivity contribution in [2.24, 2.45) is 0 Å². The molecular weight excluding hydrogens is 476 g/mol. The fraction of sp³-hybridized carbons (Fsp3) is 0.280. The van der Waals surface area contributed by atoms with Crippen LogP contribution in [-0.2, 0) is 12.7 Å². The van der Waals surface area contributed by atoms with Crippen LogP contribution in [0.15, 0.2) is 42.9 Å². The molecule has 11 heteroatoms. The molecule has 0 fully saturated rings. The summed E-state index contributed by atoms with van der Waals surface area (Å²) in [5.74, 6) is -0.731. The van der Waals surface area contributed by atoms with Crippen LogP contribution >= 0.6 is 0 Å². The lowest BCUT2D eigenvalue weighted by Crippen LogP contribution is -2.22. The summed E-state index contributed by atoms with van der Waals surface area (Å²) in [5.41, 5.74) is 0.785. The van der Waals surface area contributed by atoms with Gasteiger partial charge in [-0.05, 0) is 56.2 Å². The highest BCUT2D eigenvalue weighted by atomic mass is 19.4. The van der Waals surface area contributed by atoms with Crippen LogP contribution in [0, 0.1) is 12.7 Å². The van der Waals surface area contributed by atoms with E-state index >= 15 is 0 Å². The van der Waals surface area contributed by atoms with Gasteiger partial charge >= 0.3 is 6.18 Å². The predicted octanol–water partition coefficient (Wildman–Crippen LogP) is 5.43. The molecule has 4 aromatic rings. The summed E-state index contributed by atoms with van der Waals surface area (Å²) >= 11 is 0. The fourth-order valence-corrected chi connectivity index (χ4v) is 4.45. The van der Waals surface area contributed by atoms with Gasteiger partial charge in [0.15, 0.2) is 5.82 Å². The Bertz CT molecular complexity index is 1440. The average Bonchev–Trinajstić information content (AvgIpc) is 3.47. The van der Waals surface area contributed by atoms with Gasteiger partial charge in [0.05, 0.1) is 30.4 Å². The monoisotopic (exact) mass is 498 g/mol. The van der Waals surface area contributed by atoms with Gasteiger partial charge < -0.3 is 9.30 Å². The molecule has 0 aliphatic carbocycles. The molecule has 1 atom stereocenters. The van der Waals surface area contributed by atoms with E-state index in [1.807, 2.05) is 19.2 Å². The van der Waals surface area contributed by atoms with Crippen molar-refractivity contribution in [1.82, 2.24) is 29.3 Å². The third-order valence-electron chi connectivity index (χ3n) is 6.05. The van der Waals surface area contributed by atoms with Crippen LogP contribution < -0.4 is 4.74 Å². The number of halogens is 4. The van der Waals surface area contributed by atoms with Crippen LogP contribution in [0.3, 0.4) is 0 Å². The van der Waals surface area contributed by atoms with Crippen molar-refractivity contribution in [3.8, 4) is 11.6 Å². The van der Waals surface area contributed by atoms with E-state index in [0.717, 1.165) is 29.6 Å². The van der Waals surface area contributed by atoms with Gasteiger partial charge in [-0.3, -0.25) is 0 Å². The van der Waals surface area contributed by atoms with E-state index in [0.29, 0.717) is 42.6 Å². The Morgan fingerprint density at radius 2 is 1.94 bits per heavy atom. The molecule has 0 N–H and O–H groups in total. The lowest BCUT2D eigenvalue weighted by molar-refractivity contribution is -0.138. The zero-order chi connectivity index (χ0) is 25.4. The summed E-state index contributed by atoms with van der Waals surface area (Å²) in [6.07, 6.45) is 3.06. The third kappa shape index (κ3) is 4.48. The first kappa shape index (κ1) is 23.7. The topological polar surface area (TPSA) is 70.7 Å². The summed E-state index contributed by atoms with van der Waals surface area (Å²) in [6, 6.07) is 6.66. The van der Waals surface area contributed by atoms with Gasteiger partial charge in [0.2, 0.25) is 5.88 Å². The lowest BCUT2D eigenvalue weighted by Gasteiger charge is -2.25. The van der Waals surface area contributed by atoms with Crippen LogP contribution in [0.1, 0.15) is 52.9 Å². The van der Waals surface area contributed by atoms with E-state index in [4.69, 9.17) is 4.74 Å². The van der Waals surface area contributed by atoms with Gasteiger partial charge in [0, 0.05) is 24.2 Å². The third-order valence-corrected chi connectivity index (χ3v) is 6.05. The van der Waals surface area contributed by atoms with Crippen molar-refractivity contribution in [3.63, 3.8) is 0 Å². The van der Waals surface area contributed by atoms with Crippen LogP contribution in [-0.4, -0.2) is 36.4 Å². The Morgan fingerprint density at radius 1 is 1.11 bits per heavy atom. The Balaban J connectivity index is 1.45. The molecule has 1 aliphatic rings. The van der Waals surface area contributed by atoms with Crippen molar-refractivity contribution < 1.29 is 22.3 Å². The maximum Gasteiger partial charge on any atom is 0.416 e. The molecule has 186 valence electrons. The molecule has 36 heavy (non-hydrogen) atoms. The quantitative estimate of drug-likeness (QED) is 0.343. The number of fused-ring (bicyclic) bond motifs is 1. The second-order valence-electron chi connectivity index (χ2n) is 8.47. The Morgan fingerprint density at radius 3 is 2.67 bits per heavy atom. The van der Waals surface area contributed by atoms with E-state index < -0.39 is 23.5 Å². The van der Waals surface area contributed by atoms with E-state index in [2.05, 4.69) is 20.1 Å². The molecule has 1 aromatic carbocycles. The van der Waals surface area contributed by atoms with Crippen LogP contribution in [0.5, 0.6) is 5.88 Å². The number of imidazole rings is 1. The minimum absolute atomic E-state index is 0.303. The summed E-state index contributed by atoms with van der Waals surface area (Å²) in [6.45, 7) is 2.37. The van der Waals surface area contributed by atoms with Crippen molar-refractivity contribution in [2.75, 3.05) is 7.11 Å². The maximum atomic E-state index is 14.7. The lowest BCUT2D eigenvalue weighted by atomic mass is 9.87. The highest BCUT2D eigenvalue weighted by Gasteiger charge is 2.39. The molecule has 0 amide bonds. The minimum atomic E-state index is -4.67. The van der Waals surface area contributed by atoms with Gasteiger partial charge in [-0.15, -0.1) is 0 Å². The number of nitrogens with zero attached hydrogens (tertiary/aromatic N) is 6. The standard InChI is InChI=1S/C25H22F4N6O/c1-15-13-34(14-30-15)20-10-8-16(31-24(20)36-2)9-11-21-32-23-17(5-4-12-35(23)33-21)22-18(25(27,28)29)6-3-7-19(22)26/h3,6-11,13-14,17H,4-5,12H2,1-2H3/t17-/m1/s1. The SMILES string of the molecule is COc1nc(C=Cc2nc3n(n2)CCC[C@@H]3c2c(F)cccc2C(F)(F)F)ccc1-n1cnc(C)c1. The Hall–Kier alpha value is -4.02. The first-order valence-corrected chi connectivity index (χ1v) is 11.3. The molecular formula is C25H22F4N6O. The van der Waals surface area contributed by atoms with E-state index in [1.54, 1.807) is 33.8 Å². The molecule has 4 heterocycles. The van der Waals surface area contributed by atoms with Crippen LogP contribution in [0.2, 0.25) is 0 Å². The zero-order valence-electron chi connectivity index (χ0n) is 19.5. The van der Waals surface area contributed by atoms with E-state index in [9.17, 15) is 17.6 Å². The number of benzene rings is 1. The number of aromatic nitrogens is 6. The van der Waals surface area contributed by atoms with Crippen molar-refractivity contribution >= 4 is 12.2 Å². The molecule has 1 aliphatic heterocycles. The van der Waals surface area contributed by atoms with E-state index in [1.165, 1.54) is 7.11 Å². The van der Waals surface area contributed by atoms with Crippen LogP contribution in [0.4, 0.5) is 17.6 Å². The summed E-state index contributed by atoms with van der Waals surface area (Å²) in [7, 11) is 1.52.